The third-order valence-corrected chi connectivity index (χ3v) is 6.35. The number of nitro benzene ring substituents is 1. The van der Waals surface area contributed by atoms with Crippen LogP contribution in [0.1, 0.15) is 32.1 Å². The Bertz CT molecular complexity index is 1410. The Hall–Kier alpha value is -4.25. The van der Waals surface area contributed by atoms with Gasteiger partial charge in [-0.15, -0.1) is 10.2 Å². The normalized spacial score (nSPS) is 10.8. The summed E-state index contributed by atoms with van der Waals surface area (Å²) in [5.74, 6) is -0.169. The Morgan fingerprint density at radius 2 is 1.77 bits per heavy atom. The number of Topliss-reactive ketones (excluding diaryl/α,β-unsaturated/α-hetero) is 1. The zero-order valence-corrected chi connectivity index (χ0v) is 20.0. The molecule has 0 saturated heterocycles. The number of methoxy groups -OCH3 is 1. The monoisotopic (exact) mass is 491 g/mol. The molecule has 0 radical (unpaired) electrons. The maximum absolute atomic E-state index is 13.0. The number of thioether (sulfide) groups is 1. The van der Waals surface area contributed by atoms with E-state index in [2.05, 4.69) is 15.2 Å². The summed E-state index contributed by atoms with van der Waals surface area (Å²) in [6, 6.07) is 15.4. The van der Waals surface area contributed by atoms with Crippen LogP contribution in [0.2, 0.25) is 0 Å². The second kappa shape index (κ2) is 9.94. The molecular formula is C24H21N5O5S. The highest BCUT2D eigenvalue weighted by atomic mass is 32.2. The molecule has 10 nitrogen and oxygen atoms in total. The van der Waals surface area contributed by atoms with E-state index < -0.39 is 10.9 Å². The van der Waals surface area contributed by atoms with E-state index in [9.17, 15) is 19.7 Å². The molecule has 2 aromatic heterocycles. The lowest BCUT2D eigenvalue weighted by molar-refractivity contribution is -0.384. The molecule has 0 amide bonds. The molecule has 2 aromatic carbocycles. The van der Waals surface area contributed by atoms with Gasteiger partial charge in [-0.3, -0.25) is 19.5 Å². The van der Waals surface area contributed by atoms with Gasteiger partial charge < -0.3 is 9.72 Å². The number of non-ortho nitro benzene ring substituents is 1. The summed E-state index contributed by atoms with van der Waals surface area (Å²) < 4.78 is 6.61. The second-order valence-electron chi connectivity index (χ2n) is 7.61. The Labute approximate surface area is 204 Å². The van der Waals surface area contributed by atoms with Crippen molar-refractivity contribution in [1.82, 2.24) is 19.7 Å². The van der Waals surface area contributed by atoms with E-state index in [4.69, 9.17) is 4.74 Å². The molecule has 2 heterocycles. The van der Waals surface area contributed by atoms with Crippen LogP contribution in [-0.4, -0.2) is 49.3 Å². The molecular weight excluding hydrogens is 470 g/mol. The predicted molar refractivity (Wildman–Crippen MR) is 130 cm³/mol. The number of nitrogens with one attached hydrogen (secondary N) is 1. The van der Waals surface area contributed by atoms with Gasteiger partial charge in [0.2, 0.25) is 0 Å². The molecule has 0 fully saturated rings. The highest BCUT2D eigenvalue weighted by Crippen LogP contribution is 2.30. The van der Waals surface area contributed by atoms with Gasteiger partial charge in [0, 0.05) is 29.1 Å². The highest BCUT2D eigenvalue weighted by molar-refractivity contribution is 7.99. The van der Waals surface area contributed by atoms with Crippen LogP contribution in [0.5, 0.6) is 0 Å². The van der Waals surface area contributed by atoms with Gasteiger partial charge in [-0.2, -0.15) is 0 Å². The Kier molecular flexibility index (Phi) is 6.78. The minimum Gasteiger partial charge on any atom is -0.465 e. The number of para-hydroxylation sites is 1. The number of carbonyl (C=O) groups excluding carboxylic acids is 2. The Balaban J connectivity index is 1.65. The molecule has 1 N–H and O–H groups in total. The number of nitro groups is 1. The number of ketones is 1. The fraction of sp³-hybridized carbons (Fsp3) is 0.167. The van der Waals surface area contributed by atoms with Crippen molar-refractivity contribution in [1.29, 1.82) is 0 Å². The lowest BCUT2D eigenvalue weighted by atomic mass is 10.1. The van der Waals surface area contributed by atoms with E-state index >= 15 is 0 Å². The largest absolute Gasteiger partial charge is 0.465 e. The summed E-state index contributed by atoms with van der Waals surface area (Å²) >= 11 is 1.20. The average Bonchev–Trinajstić information content (AvgIpc) is 3.43. The number of aromatic nitrogens is 4. The number of H-pyrrole nitrogens is 1. The standard InChI is InChI=1S/C24H21N5O5S/c1-14-20(23(31)34-3)15(2)25-21(14)19(30)13-35-24-27-26-22(28(24)17-7-5-4-6-8-17)16-9-11-18(12-10-16)29(32)33/h4-12,25H,13H2,1-3H3. The van der Waals surface area contributed by atoms with Crippen LogP contribution in [0.25, 0.3) is 17.1 Å². The van der Waals surface area contributed by atoms with Gasteiger partial charge in [0.05, 0.1) is 29.0 Å². The van der Waals surface area contributed by atoms with Crippen molar-refractivity contribution in [2.24, 2.45) is 0 Å². The molecule has 0 aliphatic rings. The molecule has 0 aliphatic carbocycles. The zero-order valence-electron chi connectivity index (χ0n) is 19.1. The molecule has 0 aliphatic heterocycles. The molecule has 35 heavy (non-hydrogen) atoms. The summed E-state index contributed by atoms with van der Waals surface area (Å²) in [7, 11) is 1.30. The number of aromatic amines is 1. The first-order valence-corrected chi connectivity index (χ1v) is 11.5. The predicted octanol–water partition coefficient (Wildman–Crippen LogP) is 4.55. The average molecular weight is 492 g/mol. The molecule has 0 unspecified atom stereocenters. The van der Waals surface area contributed by atoms with Crippen LogP contribution in [0, 0.1) is 24.0 Å². The molecule has 0 spiro atoms. The molecule has 0 saturated carbocycles. The number of hydrogen-bond donors (Lipinski definition) is 1. The van der Waals surface area contributed by atoms with Crippen molar-refractivity contribution in [2.75, 3.05) is 12.9 Å². The molecule has 4 aromatic rings. The number of aryl methyl sites for hydroxylation is 1. The number of rotatable bonds is 8. The maximum atomic E-state index is 13.0. The zero-order chi connectivity index (χ0) is 25.1. The number of benzene rings is 2. The van der Waals surface area contributed by atoms with Gasteiger partial charge in [-0.05, 0) is 43.7 Å². The SMILES string of the molecule is COC(=O)c1c(C)[nH]c(C(=O)CSc2nnc(-c3ccc([N+](=O)[O-])cc3)n2-c2ccccc2)c1C. The topological polar surface area (TPSA) is 133 Å². The quantitative estimate of drug-likeness (QED) is 0.125. The second-order valence-corrected chi connectivity index (χ2v) is 8.55. The van der Waals surface area contributed by atoms with E-state index in [-0.39, 0.29) is 17.2 Å². The first-order valence-electron chi connectivity index (χ1n) is 10.5. The van der Waals surface area contributed by atoms with Gasteiger partial charge in [0.1, 0.15) is 0 Å². The third kappa shape index (κ3) is 4.71. The minimum atomic E-state index is -0.500. The minimum absolute atomic E-state index is 0.0253. The van der Waals surface area contributed by atoms with Crippen LogP contribution in [0.4, 0.5) is 5.69 Å². The van der Waals surface area contributed by atoms with Crippen LogP contribution >= 0.6 is 11.8 Å². The molecule has 4 rings (SSSR count). The van der Waals surface area contributed by atoms with E-state index in [1.807, 2.05) is 30.3 Å². The summed E-state index contributed by atoms with van der Waals surface area (Å²) in [6.45, 7) is 3.42. The van der Waals surface area contributed by atoms with Gasteiger partial charge in [-0.1, -0.05) is 30.0 Å². The van der Waals surface area contributed by atoms with Crippen molar-refractivity contribution in [3.05, 3.63) is 87.2 Å². The van der Waals surface area contributed by atoms with Gasteiger partial charge in [-0.25, -0.2) is 4.79 Å². The van der Waals surface area contributed by atoms with Crippen molar-refractivity contribution in [2.45, 2.75) is 19.0 Å². The number of hydrogen-bond acceptors (Lipinski definition) is 8. The lowest BCUT2D eigenvalue weighted by Crippen LogP contribution is -2.08. The molecule has 0 bridgehead atoms. The summed E-state index contributed by atoms with van der Waals surface area (Å²) in [5, 5.41) is 20.1. The number of esters is 1. The smallest absolute Gasteiger partial charge is 0.339 e. The molecule has 11 heteroatoms. The van der Waals surface area contributed by atoms with Crippen molar-refractivity contribution < 1.29 is 19.2 Å². The van der Waals surface area contributed by atoms with Crippen LogP contribution in [-0.2, 0) is 4.74 Å². The first kappa shape index (κ1) is 23.9. The third-order valence-electron chi connectivity index (χ3n) is 5.42. The number of carbonyl (C=O) groups is 2. The van der Waals surface area contributed by atoms with Crippen LogP contribution < -0.4 is 0 Å². The summed E-state index contributed by atoms with van der Waals surface area (Å²) in [5.41, 5.74) is 3.20. The van der Waals surface area contributed by atoms with E-state index in [0.717, 1.165) is 5.69 Å². The van der Waals surface area contributed by atoms with Gasteiger partial charge in [0.25, 0.3) is 5.69 Å². The van der Waals surface area contributed by atoms with Crippen molar-refractivity contribution in [3.63, 3.8) is 0 Å². The van der Waals surface area contributed by atoms with E-state index in [1.54, 1.807) is 30.5 Å². The first-order chi connectivity index (χ1) is 16.8. The van der Waals surface area contributed by atoms with Crippen molar-refractivity contribution in [3.8, 4) is 17.1 Å². The summed E-state index contributed by atoms with van der Waals surface area (Å²) in [4.78, 5) is 38.6. The number of ether oxygens (including phenoxy) is 1. The van der Waals surface area contributed by atoms with Gasteiger partial charge >= 0.3 is 5.97 Å². The van der Waals surface area contributed by atoms with Crippen LogP contribution in [0.3, 0.4) is 0 Å². The summed E-state index contributed by atoms with van der Waals surface area (Å²) in [6.07, 6.45) is 0. The van der Waals surface area contributed by atoms with E-state index in [1.165, 1.54) is 31.0 Å². The lowest BCUT2D eigenvalue weighted by Gasteiger charge is -2.10. The highest BCUT2D eigenvalue weighted by Gasteiger charge is 2.24. The fourth-order valence-electron chi connectivity index (χ4n) is 3.73. The van der Waals surface area contributed by atoms with Crippen LogP contribution in [0.15, 0.2) is 59.8 Å². The van der Waals surface area contributed by atoms with Gasteiger partial charge in [0.15, 0.2) is 16.8 Å². The van der Waals surface area contributed by atoms with Crippen molar-refractivity contribution >= 4 is 29.2 Å². The van der Waals surface area contributed by atoms with E-state index in [0.29, 0.717) is 39.1 Å². The molecule has 178 valence electrons. The Morgan fingerprint density at radius 3 is 2.40 bits per heavy atom. The fourth-order valence-corrected chi connectivity index (χ4v) is 4.56. The maximum Gasteiger partial charge on any atom is 0.339 e. The number of nitrogens with zero attached hydrogens (tertiary/aromatic N) is 4. The molecule has 0 atom stereocenters. The Morgan fingerprint density at radius 1 is 1.09 bits per heavy atom.